The highest BCUT2D eigenvalue weighted by atomic mass is 16.3. The molecular weight excluding hydrogens is 202 g/mol. The van der Waals surface area contributed by atoms with Crippen molar-refractivity contribution in [2.45, 2.75) is 57.1 Å². The molecule has 0 spiro atoms. The second kappa shape index (κ2) is 5.99. The molecule has 2 N–H and O–H groups in total. The van der Waals surface area contributed by atoms with Crippen LogP contribution in [0.25, 0.3) is 0 Å². The number of rotatable bonds is 3. The van der Waals surface area contributed by atoms with Crippen molar-refractivity contribution in [1.29, 1.82) is 0 Å². The number of hydrogen-bond donors (Lipinski definition) is 2. The third-order valence-corrected chi connectivity index (χ3v) is 4.25. The molecule has 0 aromatic rings. The van der Waals surface area contributed by atoms with Crippen LogP contribution >= 0.6 is 0 Å². The van der Waals surface area contributed by atoms with Crippen LogP contribution in [0, 0.1) is 5.92 Å². The molecule has 94 valence electrons. The third kappa shape index (κ3) is 2.96. The molecule has 3 heteroatoms. The van der Waals surface area contributed by atoms with E-state index in [0.29, 0.717) is 18.6 Å². The number of nitrogens with zero attached hydrogens (tertiary/aromatic N) is 1. The van der Waals surface area contributed by atoms with Crippen molar-refractivity contribution in [3.63, 3.8) is 0 Å². The van der Waals surface area contributed by atoms with Gasteiger partial charge in [0.25, 0.3) is 0 Å². The Morgan fingerprint density at radius 3 is 2.62 bits per heavy atom. The molecule has 1 heterocycles. The number of aliphatic hydroxyl groups is 2. The summed E-state index contributed by atoms with van der Waals surface area (Å²) >= 11 is 0. The van der Waals surface area contributed by atoms with Crippen LogP contribution in [0.15, 0.2) is 0 Å². The Bertz CT molecular complexity index is 208. The standard InChI is InChI=1S/C13H25NO2/c15-9-7-11-4-3-8-14(10-11)12-5-1-2-6-13(12)16/h11-13,15-16H,1-10H2/t11?,12-,13-/m0/s1. The van der Waals surface area contributed by atoms with E-state index in [1.165, 1.54) is 25.7 Å². The zero-order valence-electron chi connectivity index (χ0n) is 10.1. The van der Waals surface area contributed by atoms with Crippen LogP contribution in [-0.2, 0) is 0 Å². The zero-order valence-corrected chi connectivity index (χ0v) is 10.1. The van der Waals surface area contributed by atoms with Crippen LogP contribution in [-0.4, -0.2) is 47.0 Å². The minimum atomic E-state index is -0.110. The Hall–Kier alpha value is -0.120. The van der Waals surface area contributed by atoms with Crippen LogP contribution in [0.4, 0.5) is 0 Å². The van der Waals surface area contributed by atoms with Crippen molar-refractivity contribution in [3.8, 4) is 0 Å². The van der Waals surface area contributed by atoms with Gasteiger partial charge in [0.15, 0.2) is 0 Å². The molecule has 2 aliphatic rings. The molecule has 0 aromatic heterocycles. The first-order chi connectivity index (χ1) is 7.81. The number of hydrogen-bond acceptors (Lipinski definition) is 3. The number of piperidine rings is 1. The maximum absolute atomic E-state index is 10.0. The van der Waals surface area contributed by atoms with E-state index in [-0.39, 0.29) is 6.10 Å². The van der Waals surface area contributed by atoms with Gasteiger partial charge in [0.2, 0.25) is 0 Å². The lowest BCUT2D eigenvalue weighted by atomic mass is 9.87. The topological polar surface area (TPSA) is 43.7 Å². The zero-order chi connectivity index (χ0) is 11.4. The van der Waals surface area contributed by atoms with Crippen LogP contribution in [0.3, 0.4) is 0 Å². The van der Waals surface area contributed by atoms with Crippen molar-refractivity contribution in [1.82, 2.24) is 4.90 Å². The lowest BCUT2D eigenvalue weighted by molar-refractivity contribution is -0.00222. The number of likely N-dealkylation sites (tertiary alicyclic amines) is 1. The van der Waals surface area contributed by atoms with Gasteiger partial charge in [-0.2, -0.15) is 0 Å². The van der Waals surface area contributed by atoms with Crippen LogP contribution in [0.1, 0.15) is 44.9 Å². The average molecular weight is 227 g/mol. The first-order valence-corrected chi connectivity index (χ1v) is 6.84. The molecule has 0 bridgehead atoms. The Balaban J connectivity index is 1.87. The molecule has 1 unspecified atom stereocenters. The summed E-state index contributed by atoms with van der Waals surface area (Å²) in [4.78, 5) is 2.48. The lowest BCUT2D eigenvalue weighted by Crippen LogP contribution is -2.49. The highest BCUT2D eigenvalue weighted by molar-refractivity contribution is 4.86. The second-order valence-electron chi connectivity index (χ2n) is 5.43. The molecule has 16 heavy (non-hydrogen) atoms. The summed E-state index contributed by atoms with van der Waals surface area (Å²) in [5.74, 6) is 0.646. The SMILES string of the molecule is OCCC1CCCN([C@H]2CCCC[C@@H]2O)C1. The highest BCUT2D eigenvalue weighted by Gasteiger charge is 2.31. The van der Waals surface area contributed by atoms with Gasteiger partial charge < -0.3 is 10.2 Å². The Labute approximate surface area is 98.5 Å². The Kier molecular flexibility index (Phi) is 4.62. The van der Waals surface area contributed by atoms with Crippen molar-refractivity contribution >= 4 is 0 Å². The fourth-order valence-electron chi connectivity index (χ4n) is 3.33. The van der Waals surface area contributed by atoms with Crippen LogP contribution < -0.4 is 0 Å². The van der Waals surface area contributed by atoms with Gasteiger partial charge in [-0.25, -0.2) is 0 Å². The molecule has 2 fully saturated rings. The molecule has 2 rings (SSSR count). The summed E-state index contributed by atoms with van der Waals surface area (Å²) in [5.41, 5.74) is 0. The van der Waals surface area contributed by atoms with Crippen molar-refractivity contribution in [2.24, 2.45) is 5.92 Å². The number of aliphatic hydroxyl groups excluding tert-OH is 2. The Morgan fingerprint density at radius 2 is 1.88 bits per heavy atom. The van der Waals surface area contributed by atoms with Crippen LogP contribution in [0.2, 0.25) is 0 Å². The van der Waals surface area contributed by atoms with Gasteiger partial charge >= 0.3 is 0 Å². The van der Waals surface area contributed by atoms with E-state index in [1.807, 2.05) is 0 Å². The smallest absolute Gasteiger partial charge is 0.0695 e. The maximum Gasteiger partial charge on any atom is 0.0695 e. The molecule has 3 nitrogen and oxygen atoms in total. The summed E-state index contributed by atoms with van der Waals surface area (Å²) in [5, 5.41) is 19.0. The summed E-state index contributed by atoms with van der Waals surface area (Å²) in [6.45, 7) is 2.54. The Morgan fingerprint density at radius 1 is 1.06 bits per heavy atom. The lowest BCUT2D eigenvalue weighted by Gasteiger charge is -2.42. The molecule has 0 aromatic carbocycles. The molecule has 1 saturated carbocycles. The largest absolute Gasteiger partial charge is 0.396 e. The maximum atomic E-state index is 10.0. The second-order valence-corrected chi connectivity index (χ2v) is 5.43. The normalized spacial score (nSPS) is 37.5. The van der Waals surface area contributed by atoms with Crippen molar-refractivity contribution < 1.29 is 10.2 Å². The van der Waals surface area contributed by atoms with E-state index >= 15 is 0 Å². The van der Waals surface area contributed by atoms with Crippen molar-refractivity contribution in [3.05, 3.63) is 0 Å². The predicted octanol–water partition coefficient (Wildman–Crippen LogP) is 1.38. The van der Waals surface area contributed by atoms with E-state index in [4.69, 9.17) is 5.11 Å². The summed E-state index contributed by atoms with van der Waals surface area (Å²) in [6.07, 6.45) is 7.89. The van der Waals surface area contributed by atoms with Gasteiger partial charge in [0, 0.05) is 19.2 Å². The molecule has 3 atom stereocenters. The molecular formula is C13H25NO2. The fraction of sp³-hybridized carbons (Fsp3) is 1.00. The quantitative estimate of drug-likeness (QED) is 0.765. The summed E-state index contributed by atoms with van der Waals surface area (Å²) in [7, 11) is 0. The molecule has 1 aliphatic carbocycles. The van der Waals surface area contributed by atoms with Gasteiger partial charge in [0.1, 0.15) is 0 Å². The minimum absolute atomic E-state index is 0.110. The van der Waals surface area contributed by atoms with Gasteiger partial charge in [-0.3, -0.25) is 4.90 Å². The summed E-state index contributed by atoms with van der Waals surface area (Å²) in [6, 6.07) is 0.398. The fourth-order valence-corrected chi connectivity index (χ4v) is 3.33. The molecule has 0 radical (unpaired) electrons. The monoisotopic (exact) mass is 227 g/mol. The third-order valence-electron chi connectivity index (χ3n) is 4.25. The average Bonchev–Trinajstić information content (AvgIpc) is 2.30. The van der Waals surface area contributed by atoms with E-state index < -0.39 is 0 Å². The molecule has 0 amide bonds. The highest BCUT2D eigenvalue weighted by Crippen LogP contribution is 2.28. The van der Waals surface area contributed by atoms with E-state index in [9.17, 15) is 5.11 Å². The summed E-state index contributed by atoms with van der Waals surface area (Å²) < 4.78 is 0. The predicted molar refractivity (Wildman–Crippen MR) is 64.3 cm³/mol. The molecule has 1 aliphatic heterocycles. The van der Waals surface area contributed by atoms with Gasteiger partial charge in [-0.05, 0) is 44.6 Å². The van der Waals surface area contributed by atoms with Gasteiger partial charge in [0.05, 0.1) is 6.10 Å². The first kappa shape index (κ1) is 12.3. The van der Waals surface area contributed by atoms with E-state index in [1.54, 1.807) is 0 Å². The van der Waals surface area contributed by atoms with E-state index in [0.717, 1.165) is 32.4 Å². The van der Waals surface area contributed by atoms with Crippen molar-refractivity contribution in [2.75, 3.05) is 19.7 Å². The van der Waals surface area contributed by atoms with Gasteiger partial charge in [-0.1, -0.05) is 12.8 Å². The molecule has 1 saturated heterocycles. The minimum Gasteiger partial charge on any atom is -0.396 e. The van der Waals surface area contributed by atoms with E-state index in [2.05, 4.69) is 4.90 Å². The first-order valence-electron chi connectivity index (χ1n) is 6.84. The van der Waals surface area contributed by atoms with Crippen LogP contribution in [0.5, 0.6) is 0 Å². The van der Waals surface area contributed by atoms with Gasteiger partial charge in [-0.15, -0.1) is 0 Å².